The lowest BCUT2D eigenvalue weighted by Crippen LogP contribution is -2.29. The quantitative estimate of drug-likeness (QED) is 0.845. The molecule has 0 bridgehead atoms. The summed E-state index contributed by atoms with van der Waals surface area (Å²) in [5.74, 6) is -0.187. The van der Waals surface area contributed by atoms with Gasteiger partial charge in [-0.1, -0.05) is 12.1 Å². The molecule has 100 valence electrons. The van der Waals surface area contributed by atoms with Crippen LogP contribution >= 0.6 is 0 Å². The molecule has 1 atom stereocenters. The molecule has 5 heteroatoms. The van der Waals surface area contributed by atoms with E-state index >= 15 is 0 Å². The van der Waals surface area contributed by atoms with Crippen molar-refractivity contribution in [2.75, 3.05) is 13.1 Å². The minimum Gasteiger partial charge on any atom is -0.318 e. The van der Waals surface area contributed by atoms with Gasteiger partial charge in [-0.05, 0) is 43.6 Å². The summed E-state index contributed by atoms with van der Waals surface area (Å²) in [6.07, 6.45) is 5.93. The lowest BCUT2D eigenvalue weighted by molar-refractivity contribution is 0.221. The Morgan fingerprint density at radius 1 is 1.05 bits per heavy atom. The number of aromatic nitrogens is 3. The van der Waals surface area contributed by atoms with Crippen LogP contribution in [0.4, 0.5) is 4.39 Å². The van der Waals surface area contributed by atoms with Crippen LogP contribution in [0.3, 0.4) is 0 Å². The minimum atomic E-state index is -0.187. The summed E-state index contributed by atoms with van der Waals surface area (Å²) in [5, 5.41) is 7.69. The van der Waals surface area contributed by atoms with Crippen molar-refractivity contribution >= 4 is 0 Å². The third-order valence-electron chi connectivity index (χ3n) is 3.69. The van der Waals surface area contributed by atoms with Gasteiger partial charge in [0.2, 0.25) is 0 Å². The molecule has 1 fully saturated rings. The smallest absolute Gasteiger partial charge is 0.123 e. The van der Waals surface area contributed by atoms with Crippen molar-refractivity contribution in [3.05, 3.63) is 48.3 Å². The van der Waals surface area contributed by atoms with Gasteiger partial charge in [0.25, 0.3) is 0 Å². The third-order valence-corrected chi connectivity index (χ3v) is 3.69. The van der Waals surface area contributed by atoms with Gasteiger partial charge in [0, 0.05) is 6.54 Å². The fourth-order valence-electron chi connectivity index (χ4n) is 2.69. The number of hydrogen-bond acceptors (Lipinski definition) is 3. The molecule has 4 nitrogen and oxygen atoms in total. The maximum atomic E-state index is 13.1. The van der Waals surface area contributed by atoms with Crippen molar-refractivity contribution in [1.29, 1.82) is 0 Å². The molecule has 0 radical (unpaired) electrons. The molecule has 1 unspecified atom stereocenters. The Hall–Kier alpha value is -1.75. The van der Waals surface area contributed by atoms with E-state index < -0.39 is 0 Å². The van der Waals surface area contributed by atoms with E-state index in [0.29, 0.717) is 0 Å². The Morgan fingerprint density at radius 3 is 2.32 bits per heavy atom. The van der Waals surface area contributed by atoms with Crippen LogP contribution in [0.2, 0.25) is 0 Å². The number of halogens is 1. The first-order valence-corrected chi connectivity index (χ1v) is 6.65. The number of nitrogens with zero attached hydrogens (tertiary/aromatic N) is 4. The molecule has 1 saturated heterocycles. The first-order valence-electron chi connectivity index (χ1n) is 6.65. The van der Waals surface area contributed by atoms with Crippen LogP contribution in [-0.2, 0) is 6.54 Å². The molecule has 0 saturated carbocycles. The Labute approximate surface area is 111 Å². The van der Waals surface area contributed by atoms with Gasteiger partial charge in [-0.25, -0.2) is 4.39 Å². The number of benzene rings is 1. The van der Waals surface area contributed by atoms with E-state index in [1.54, 1.807) is 12.7 Å². The van der Waals surface area contributed by atoms with E-state index in [9.17, 15) is 4.39 Å². The fraction of sp³-hybridized carbons (Fsp3) is 0.429. The second-order valence-electron chi connectivity index (χ2n) is 4.97. The molecule has 1 aliphatic heterocycles. The van der Waals surface area contributed by atoms with E-state index in [1.807, 2.05) is 16.7 Å². The summed E-state index contributed by atoms with van der Waals surface area (Å²) >= 11 is 0. The van der Waals surface area contributed by atoms with E-state index in [4.69, 9.17) is 0 Å². The van der Waals surface area contributed by atoms with Crippen molar-refractivity contribution in [3.8, 4) is 0 Å². The molecule has 19 heavy (non-hydrogen) atoms. The van der Waals surface area contributed by atoms with Crippen molar-refractivity contribution in [2.24, 2.45) is 0 Å². The normalized spacial score (nSPS) is 17.7. The fourth-order valence-corrected chi connectivity index (χ4v) is 2.69. The van der Waals surface area contributed by atoms with Gasteiger partial charge in [0.15, 0.2) is 0 Å². The summed E-state index contributed by atoms with van der Waals surface area (Å²) in [6, 6.07) is 7.08. The predicted molar refractivity (Wildman–Crippen MR) is 70.0 cm³/mol. The van der Waals surface area contributed by atoms with Gasteiger partial charge in [-0.15, -0.1) is 10.2 Å². The monoisotopic (exact) mass is 260 g/mol. The van der Waals surface area contributed by atoms with Crippen LogP contribution < -0.4 is 0 Å². The lowest BCUT2D eigenvalue weighted by Gasteiger charge is -2.28. The number of rotatable bonds is 4. The second kappa shape index (κ2) is 5.48. The van der Waals surface area contributed by atoms with Gasteiger partial charge in [0.1, 0.15) is 18.5 Å². The molecule has 0 N–H and O–H groups in total. The molecular weight excluding hydrogens is 243 g/mol. The van der Waals surface area contributed by atoms with Crippen LogP contribution in [-0.4, -0.2) is 32.8 Å². The molecular formula is C14H17FN4. The summed E-state index contributed by atoms with van der Waals surface area (Å²) < 4.78 is 15.0. The summed E-state index contributed by atoms with van der Waals surface area (Å²) in [7, 11) is 0. The molecule has 0 spiro atoms. The van der Waals surface area contributed by atoms with Crippen molar-refractivity contribution in [2.45, 2.75) is 25.4 Å². The van der Waals surface area contributed by atoms with Gasteiger partial charge in [-0.3, -0.25) is 4.90 Å². The second-order valence-corrected chi connectivity index (χ2v) is 4.97. The lowest BCUT2D eigenvalue weighted by atomic mass is 10.1. The minimum absolute atomic E-state index is 0.187. The SMILES string of the molecule is Fc1ccc(C(Cn2cnnc2)N2CCCC2)cc1. The maximum Gasteiger partial charge on any atom is 0.123 e. The topological polar surface area (TPSA) is 34.0 Å². The molecule has 1 aliphatic rings. The number of hydrogen-bond donors (Lipinski definition) is 0. The maximum absolute atomic E-state index is 13.1. The van der Waals surface area contributed by atoms with Gasteiger partial charge >= 0.3 is 0 Å². The zero-order valence-corrected chi connectivity index (χ0v) is 10.7. The third kappa shape index (κ3) is 2.81. The zero-order chi connectivity index (χ0) is 13.1. The van der Waals surface area contributed by atoms with Gasteiger partial charge in [-0.2, -0.15) is 0 Å². The van der Waals surface area contributed by atoms with Crippen LogP contribution in [0.5, 0.6) is 0 Å². The highest BCUT2D eigenvalue weighted by Gasteiger charge is 2.23. The van der Waals surface area contributed by atoms with Crippen LogP contribution in [0.25, 0.3) is 0 Å². The molecule has 2 heterocycles. The Bertz CT molecular complexity index is 503. The van der Waals surface area contributed by atoms with Crippen molar-refractivity contribution < 1.29 is 4.39 Å². The highest BCUT2D eigenvalue weighted by atomic mass is 19.1. The average molecular weight is 260 g/mol. The Kier molecular flexibility index (Phi) is 3.55. The largest absolute Gasteiger partial charge is 0.318 e. The van der Waals surface area contributed by atoms with E-state index in [-0.39, 0.29) is 11.9 Å². The van der Waals surface area contributed by atoms with E-state index in [0.717, 1.165) is 25.2 Å². The van der Waals surface area contributed by atoms with E-state index in [1.165, 1.54) is 25.0 Å². The summed E-state index contributed by atoms with van der Waals surface area (Å²) in [4.78, 5) is 2.45. The van der Waals surface area contributed by atoms with Crippen molar-refractivity contribution in [1.82, 2.24) is 19.7 Å². The molecule has 0 amide bonds. The van der Waals surface area contributed by atoms with E-state index in [2.05, 4.69) is 15.1 Å². The van der Waals surface area contributed by atoms with Crippen LogP contribution in [0.1, 0.15) is 24.4 Å². The van der Waals surface area contributed by atoms with Gasteiger partial charge < -0.3 is 4.57 Å². The molecule has 0 aliphatic carbocycles. The van der Waals surface area contributed by atoms with Crippen molar-refractivity contribution in [3.63, 3.8) is 0 Å². The summed E-state index contributed by atoms with van der Waals surface area (Å²) in [6.45, 7) is 3.01. The standard InChI is InChI=1S/C14H17FN4/c15-13-5-3-12(4-6-13)14(19-7-1-2-8-19)9-18-10-16-17-11-18/h3-6,10-11,14H,1-2,7-9H2. The first-order chi connectivity index (χ1) is 9.33. The molecule has 1 aromatic carbocycles. The highest BCUT2D eigenvalue weighted by molar-refractivity contribution is 5.20. The predicted octanol–water partition coefficient (Wildman–Crippen LogP) is 2.25. The highest BCUT2D eigenvalue weighted by Crippen LogP contribution is 2.26. The average Bonchev–Trinajstić information content (AvgIpc) is 3.11. The first kappa shape index (κ1) is 12.3. The van der Waals surface area contributed by atoms with Gasteiger partial charge in [0.05, 0.1) is 6.04 Å². The molecule has 3 rings (SSSR count). The summed E-state index contributed by atoms with van der Waals surface area (Å²) in [5.41, 5.74) is 1.15. The number of likely N-dealkylation sites (tertiary alicyclic amines) is 1. The Balaban J connectivity index is 1.84. The molecule has 1 aromatic heterocycles. The van der Waals surface area contributed by atoms with Crippen LogP contribution in [0, 0.1) is 5.82 Å². The molecule has 2 aromatic rings. The Morgan fingerprint density at radius 2 is 1.68 bits per heavy atom. The van der Waals surface area contributed by atoms with Crippen LogP contribution in [0.15, 0.2) is 36.9 Å². The zero-order valence-electron chi connectivity index (χ0n) is 10.7.